The lowest BCUT2D eigenvalue weighted by Gasteiger charge is -2.41. The number of esters is 1. The fourth-order valence-corrected chi connectivity index (χ4v) is 5.24. The fourth-order valence-electron chi connectivity index (χ4n) is 3.55. The van der Waals surface area contributed by atoms with Crippen molar-refractivity contribution >= 4 is 17.7 Å². The second-order valence-electron chi connectivity index (χ2n) is 6.54. The van der Waals surface area contributed by atoms with E-state index < -0.39 is 5.54 Å². The van der Waals surface area contributed by atoms with Gasteiger partial charge < -0.3 is 9.47 Å². The van der Waals surface area contributed by atoms with Crippen LogP contribution in [0.4, 0.5) is 0 Å². The number of thioether (sulfide) groups is 1. The number of nitrogens with one attached hydrogen (secondary N) is 1. The third-order valence-corrected chi connectivity index (χ3v) is 6.04. The van der Waals surface area contributed by atoms with Gasteiger partial charge in [-0.15, -0.1) is 0 Å². The lowest BCUT2D eigenvalue weighted by atomic mass is 9.81. The molecule has 4 nitrogen and oxygen atoms in total. The van der Waals surface area contributed by atoms with Gasteiger partial charge >= 0.3 is 5.97 Å². The van der Waals surface area contributed by atoms with Crippen molar-refractivity contribution in [2.45, 2.75) is 74.5 Å². The van der Waals surface area contributed by atoms with Crippen molar-refractivity contribution in [3.8, 4) is 0 Å². The van der Waals surface area contributed by atoms with Crippen molar-refractivity contribution in [1.82, 2.24) is 5.32 Å². The zero-order chi connectivity index (χ0) is 15.3. The Labute approximate surface area is 132 Å². The number of carbonyl (C=O) groups is 1. The maximum atomic E-state index is 12.3. The van der Waals surface area contributed by atoms with Gasteiger partial charge in [0.25, 0.3) is 0 Å². The quantitative estimate of drug-likeness (QED) is 0.791. The van der Waals surface area contributed by atoms with Crippen LogP contribution in [-0.4, -0.2) is 48.4 Å². The molecule has 0 aromatic rings. The Balaban J connectivity index is 1.99. The van der Waals surface area contributed by atoms with Crippen LogP contribution in [0.25, 0.3) is 0 Å². The van der Waals surface area contributed by atoms with Crippen LogP contribution in [0.5, 0.6) is 0 Å². The number of carbonyl (C=O) groups excluding carboxylic acids is 1. The first-order valence-electron chi connectivity index (χ1n) is 8.15. The van der Waals surface area contributed by atoms with E-state index in [2.05, 4.69) is 30.9 Å². The normalized spacial score (nSPS) is 31.3. The number of hydrogen-bond acceptors (Lipinski definition) is 5. The molecule has 5 heteroatoms. The molecule has 0 bridgehead atoms. The van der Waals surface area contributed by atoms with E-state index in [1.807, 2.05) is 0 Å². The average molecular weight is 315 g/mol. The molecule has 0 radical (unpaired) electrons. The van der Waals surface area contributed by atoms with E-state index in [4.69, 9.17) is 9.47 Å². The van der Waals surface area contributed by atoms with E-state index in [0.717, 1.165) is 45.3 Å². The third-order valence-electron chi connectivity index (χ3n) is 4.40. The first kappa shape index (κ1) is 17.1. The summed E-state index contributed by atoms with van der Waals surface area (Å²) in [6, 6.07) is 0.288. The highest BCUT2D eigenvalue weighted by Gasteiger charge is 2.44. The maximum Gasteiger partial charge on any atom is 0.326 e. The second-order valence-corrected chi connectivity index (χ2v) is 8.14. The van der Waals surface area contributed by atoms with Crippen LogP contribution in [0.3, 0.4) is 0 Å². The van der Waals surface area contributed by atoms with E-state index in [1.165, 1.54) is 13.5 Å². The summed E-state index contributed by atoms with van der Waals surface area (Å²) in [7, 11) is 1.50. The van der Waals surface area contributed by atoms with Gasteiger partial charge in [0.2, 0.25) is 0 Å². The third kappa shape index (κ3) is 4.60. The van der Waals surface area contributed by atoms with E-state index in [0.29, 0.717) is 10.5 Å². The summed E-state index contributed by atoms with van der Waals surface area (Å²) in [5.41, 5.74) is -0.482. The smallest absolute Gasteiger partial charge is 0.326 e. The molecule has 1 saturated carbocycles. The molecule has 1 N–H and O–H groups in total. The molecule has 2 rings (SSSR count). The second kappa shape index (κ2) is 7.84. The highest BCUT2D eigenvalue weighted by molar-refractivity contribution is 8.00. The molecular formula is C16H29NO3S. The standard InChI is InChI=1S/C16H29NO3S/c1-12(2)17-16(15(18)19-3)8-4-5-14(11-16)21-13-6-9-20-10-7-13/h12-14,17H,4-11H2,1-3H3. The average Bonchev–Trinajstić information content (AvgIpc) is 2.47. The van der Waals surface area contributed by atoms with Gasteiger partial charge in [0.05, 0.1) is 7.11 Å². The molecule has 0 aromatic heterocycles. The summed E-state index contributed by atoms with van der Waals surface area (Å²) in [6.45, 7) is 5.97. The lowest BCUT2D eigenvalue weighted by molar-refractivity contribution is -0.150. The summed E-state index contributed by atoms with van der Waals surface area (Å²) in [5.74, 6) is -0.0894. The van der Waals surface area contributed by atoms with Crippen molar-refractivity contribution < 1.29 is 14.3 Å². The molecule has 0 amide bonds. The molecule has 1 aliphatic heterocycles. The van der Waals surface area contributed by atoms with Crippen molar-refractivity contribution in [1.29, 1.82) is 0 Å². The van der Waals surface area contributed by atoms with Gasteiger partial charge in [-0.25, -0.2) is 0 Å². The lowest BCUT2D eigenvalue weighted by Crippen LogP contribution is -2.58. The van der Waals surface area contributed by atoms with Crippen LogP contribution >= 0.6 is 11.8 Å². The van der Waals surface area contributed by atoms with E-state index in [-0.39, 0.29) is 12.0 Å². The Hall–Kier alpha value is -0.260. The minimum atomic E-state index is -0.482. The van der Waals surface area contributed by atoms with E-state index in [9.17, 15) is 4.79 Å². The summed E-state index contributed by atoms with van der Waals surface area (Å²) in [5, 5.41) is 4.74. The summed E-state index contributed by atoms with van der Waals surface area (Å²) < 4.78 is 10.5. The molecular weight excluding hydrogens is 286 g/mol. The van der Waals surface area contributed by atoms with Gasteiger partial charge in [0.15, 0.2) is 0 Å². The number of rotatable bonds is 5. The minimum absolute atomic E-state index is 0.0894. The van der Waals surface area contributed by atoms with Crippen LogP contribution in [-0.2, 0) is 14.3 Å². The van der Waals surface area contributed by atoms with Crippen molar-refractivity contribution in [2.75, 3.05) is 20.3 Å². The predicted molar refractivity (Wildman–Crippen MR) is 86.7 cm³/mol. The van der Waals surface area contributed by atoms with Gasteiger partial charge in [0, 0.05) is 29.8 Å². The van der Waals surface area contributed by atoms with Crippen LogP contribution < -0.4 is 5.32 Å². The summed E-state index contributed by atoms with van der Waals surface area (Å²) >= 11 is 2.07. The maximum absolute atomic E-state index is 12.3. The monoisotopic (exact) mass is 315 g/mol. The van der Waals surface area contributed by atoms with Crippen molar-refractivity contribution in [2.24, 2.45) is 0 Å². The van der Waals surface area contributed by atoms with Crippen LogP contribution in [0.1, 0.15) is 52.4 Å². The molecule has 0 aromatic carbocycles. The Bertz CT molecular complexity index is 344. The molecule has 21 heavy (non-hydrogen) atoms. The molecule has 2 aliphatic rings. The SMILES string of the molecule is COC(=O)C1(NC(C)C)CCCC(SC2CCOCC2)C1. The van der Waals surface area contributed by atoms with Crippen LogP contribution in [0.2, 0.25) is 0 Å². The molecule has 1 saturated heterocycles. The van der Waals surface area contributed by atoms with E-state index >= 15 is 0 Å². The molecule has 1 aliphatic carbocycles. The molecule has 1 heterocycles. The fraction of sp³-hybridized carbons (Fsp3) is 0.938. The predicted octanol–water partition coefficient (Wildman–Crippen LogP) is 2.75. The Morgan fingerprint density at radius 3 is 2.62 bits per heavy atom. The largest absolute Gasteiger partial charge is 0.468 e. The molecule has 122 valence electrons. The first-order chi connectivity index (χ1) is 10.1. The van der Waals surface area contributed by atoms with Gasteiger partial charge in [-0.1, -0.05) is 0 Å². The molecule has 2 atom stereocenters. The molecule has 2 unspecified atom stereocenters. The first-order valence-corrected chi connectivity index (χ1v) is 9.09. The summed E-state index contributed by atoms with van der Waals surface area (Å²) in [6.07, 6.45) is 6.37. The zero-order valence-corrected chi connectivity index (χ0v) is 14.3. The number of methoxy groups -OCH3 is 1. The van der Waals surface area contributed by atoms with Gasteiger partial charge in [-0.2, -0.15) is 11.8 Å². The Morgan fingerprint density at radius 2 is 2.00 bits per heavy atom. The number of ether oxygens (including phenoxy) is 2. The Kier molecular flexibility index (Phi) is 6.38. The highest BCUT2D eigenvalue weighted by Crippen LogP contribution is 2.39. The van der Waals surface area contributed by atoms with Gasteiger partial charge in [0.1, 0.15) is 5.54 Å². The van der Waals surface area contributed by atoms with Gasteiger partial charge in [-0.3, -0.25) is 10.1 Å². The minimum Gasteiger partial charge on any atom is -0.468 e. The topological polar surface area (TPSA) is 47.6 Å². The van der Waals surface area contributed by atoms with Crippen LogP contribution in [0.15, 0.2) is 0 Å². The number of hydrogen-bond donors (Lipinski definition) is 1. The van der Waals surface area contributed by atoms with E-state index in [1.54, 1.807) is 0 Å². The highest BCUT2D eigenvalue weighted by atomic mass is 32.2. The molecule has 0 spiro atoms. The zero-order valence-electron chi connectivity index (χ0n) is 13.5. The summed E-state index contributed by atoms with van der Waals surface area (Å²) in [4.78, 5) is 12.3. The van der Waals surface area contributed by atoms with Gasteiger partial charge in [-0.05, 0) is 52.4 Å². The van der Waals surface area contributed by atoms with Crippen molar-refractivity contribution in [3.05, 3.63) is 0 Å². The van der Waals surface area contributed by atoms with Crippen LogP contribution in [0, 0.1) is 0 Å². The Morgan fingerprint density at radius 1 is 1.29 bits per heavy atom. The molecule has 2 fully saturated rings. The van der Waals surface area contributed by atoms with Crippen molar-refractivity contribution in [3.63, 3.8) is 0 Å².